The second-order valence-electron chi connectivity index (χ2n) is 5.86. The molecule has 0 saturated heterocycles. The average Bonchev–Trinajstić information content (AvgIpc) is 3.31. The maximum atomic E-state index is 12.6. The summed E-state index contributed by atoms with van der Waals surface area (Å²) in [6, 6.07) is 16.4. The van der Waals surface area contributed by atoms with Gasteiger partial charge in [-0.05, 0) is 36.8 Å². The van der Waals surface area contributed by atoms with Crippen LogP contribution in [0.25, 0.3) is 11.5 Å². The minimum atomic E-state index is -0.508. The number of hydrogen-bond acceptors (Lipinski definition) is 4. The summed E-state index contributed by atoms with van der Waals surface area (Å²) < 4.78 is 11.8. The van der Waals surface area contributed by atoms with E-state index in [2.05, 4.69) is 5.32 Å². The molecule has 3 aromatic rings. The molecule has 134 valence electrons. The molecule has 1 atom stereocenters. The van der Waals surface area contributed by atoms with E-state index < -0.39 is 5.97 Å². The van der Waals surface area contributed by atoms with Crippen LogP contribution in [0.15, 0.2) is 65.3 Å². The fourth-order valence-electron chi connectivity index (χ4n) is 2.82. The fourth-order valence-corrected chi connectivity index (χ4v) is 2.82. The van der Waals surface area contributed by atoms with Crippen LogP contribution in [0, 0.1) is 0 Å². The zero-order valence-corrected chi connectivity index (χ0v) is 14.6. The zero-order chi connectivity index (χ0) is 18.5. The highest BCUT2D eigenvalue weighted by Crippen LogP contribution is 2.24. The molecule has 0 bridgehead atoms. The number of ether oxygens (including phenoxy) is 1. The van der Waals surface area contributed by atoms with Crippen molar-refractivity contribution in [3.63, 3.8) is 0 Å². The van der Waals surface area contributed by atoms with E-state index in [4.69, 9.17) is 9.15 Å². The molecule has 0 saturated carbocycles. The molecule has 0 aliphatic rings. The van der Waals surface area contributed by atoms with E-state index >= 15 is 0 Å². The molecule has 1 unspecified atom stereocenters. The predicted octanol–water partition coefficient (Wildman–Crippen LogP) is 3.41. The number of carbonyl (C=O) groups is 2. The number of furan rings is 1. The topological polar surface area (TPSA) is 73.5 Å². The maximum Gasteiger partial charge on any atom is 0.354 e. The highest BCUT2D eigenvalue weighted by atomic mass is 16.5. The molecular formula is C20H20N2O4. The van der Waals surface area contributed by atoms with Gasteiger partial charge in [0.2, 0.25) is 5.91 Å². The quantitative estimate of drug-likeness (QED) is 0.690. The summed E-state index contributed by atoms with van der Waals surface area (Å²) in [6.45, 7) is 1.89. The Morgan fingerprint density at radius 3 is 2.54 bits per heavy atom. The van der Waals surface area contributed by atoms with Gasteiger partial charge in [0.1, 0.15) is 18.0 Å². The monoisotopic (exact) mass is 352 g/mol. The SMILES string of the molecule is COC(=O)c1ccc(-c2ccco2)n1CC(=O)NC(C)c1ccccc1. The van der Waals surface area contributed by atoms with Crippen molar-refractivity contribution in [3.05, 3.63) is 72.1 Å². The number of aromatic nitrogens is 1. The van der Waals surface area contributed by atoms with E-state index in [1.165, 1.54) is 7.11 Å². The highest BCUT2D eigenvalue weighted by molar-refractivity contribution is 5.90. The Labute approximate surface area is 151 Å². The molecule has 2 heterocycles. The number of methoxy groups -OCH3 is 1. The van der Waals surface area contributed by atoms with Crippen molar-refractivity contribution < 1.29 is 18.7 Å². The van der Waals surface area contributed by atoms with Crippen LogP contribution in [0.4, 0.5) is 0 Å². The first-order valence-corrected chi connectivity index (χ1v) is 8.26. The molecule has 26 heavy (non-hydrogen) atoms. The van der Waals surface area contributed by atoms with Gasteiger partial charge in [-0.15, -0.1) is 0 Å². The van der Waals surface area contributed by atoms with Gasteiger partial charge in [-0.3, -0.25) is 4.79 Å². The molecule has 0 fully saturated rings. The maximum absolute atomic E-state index is 12.6. The first-order valence-electron chi connectivity index (χ1n) is 8.26. The Bertz CT molecular complexity index is 882. The summed E-state index contributed by atoms with van der Waals surface area (Å²) in [5.41, 5.74) is 1.94. The Morgan fingerprint density at radius 2 is 1.88 bits per heavy atom. The molecule has 6 nitrogen and oxygen atoms in total. The molecule has 2 aromatic heterocycles. The van der Waals surface area contributed by atoms with E-state index in [0.717, 1.165) is 5.56 Å². The molecule has 1 amide bonds. The minimum Gasteiger partial charge on any atom is -0.464 e. The third-order valence-corrected chi connectivity index (χ3v) is 4.13. The number of esters is 1. The van der Waals surface area contributed by atoms with Crippen molar-refractivity contribution in [2.75, 3.05) is 7.11 Å². The fraction of sp³-hybridized carbons (Fsp3) is 0.200. The Morgan fingerprint density at radius 1 is 1.12 bits per heavy atom. The standard InChI is InChI=1S/C20H20N2O4/c1-14(15-7-4-3-5-8-15)21-19(23)13-22-16(18-9-6-12-26-18)10-11-17(22)20(24)25-2/h3-12,14H,13H2,1-2H3,(H,21,23). The molecule has 0 radical (unpaired) electrons. The Kier molecular flexibility index (Phi) is 5.22. The van der Waals surface area contributed by atoms with Crippen LogP contribution in [0.1, 0.15) is 29.0 Å². The summed E-state index contributed by atoms with van der Waals surface area (Å²) in [6.07, 6.45) is 1.54. The van der Waals surface area contributed by atoms with E-state index in [9.17, 15) is 9.59 Å². The van der Waals surface area contributed by atoms with Crippen LogP contribution in [0.2, 0.25) is 0 Å². The highest BCUT2D eigenvalue weighted by Gasteiger charge is 2.20. The van der Waals surface area contributed by atoms with Crippen molar-refractivity contribution in [2.24, 2.45) is 0 Å². The van der Waals surface area contributed by atoms with Crippen molar-refractivity contribution in [2.45, 2.75) is 19.5 Å². The predicted molar refractivity (Wildman–Crippen MR) is 96.5 cm³/mol. The van der Waals surface area contributed by atoms with Crippen molar-refractivity contribution in [1.82, 2.24) is 9.88 Å². The third-order valence-electron chi connectivity index (χ3n) is 4.13. The first kappa shape index (κ1) is 17.5. The van der Waals surface area contributed by atoms with Gasteiger partial charge in [0.15, 0.2) is 0 Å². The van der Waals surface area contributed by atoms with Crippen molar-refractivity contribution in [3.8, 4) is 11.5 Å². The zero-order valence-electron chi connectivity index (χ0n) is 14.6. The second-order valence-corrected chi connectivity index (χ2v) is 5.86. The van der Waals surface area contributed by atoms with Crippen LogP contribution in [0.5, 0.6) is 0 Å². The number of hydrogen-bond donors (Lipinski definition) is 1. The molecule has 6 heteroatoms. The van der Waals surface area contributed by atoms with E-state index in [1.807, 2.05) is 37.3 Å². The van der Waals surface area contributed by atoms with Gasteiger partial charge < -0.3 is 19.0 Å². The molecule has 0 spiro atoms. The number of benzene rings is 1. The molecule has 0 aliphatic carbocycles. The van der Waals surface area contributed by atoms with Crippen LogP contribution in [-0.4, -0.2) is 23.6 Å². The number of nitrogens with one attached hydrogen (secondary N) is 1. The van der Waals surface area contributed by atoms with Gasteiger partial charge in [0, 0.05) is 0 Å². The van der Waals surface area contributed by atoms with Gasteiger partial charge in [0.25, 0.3) is 0 Å². The number of nitrogens with zero attached hydrogens (tertiary/aromatic N) is 1. The molecule has 3 rings (SSSR count). The van der Waals surface area contributed by atoms with Crippen molar-refractivity contribution in [1.29, 1.82) is 0 Å². The van der Waals surface area contributed by atoms with Gasteiger partial charge in [0.05, 0.1) is 25.1 Å². The van der Waals surface area contributed by atoms with Gasteiger partial charge in [-0.25, -0.2) is 4.79 Å². The summed E-state index contributed by atoms with van der Waals surface area (Å²) in [5.74, 6) is -0.147. The number of carbonyl (C=O) groups excluding carboxylic acids is 2. The van der Waals surface area contributed by atoms with Crippen molar-refractivity contribution >= 4 is 11.9 Å². The minimum absolute atomic E-state index is 0.0232. The molecule has 0 aliphatic heterocycles. The number of rotatable bonds is 6. The van der Waals surface area contributed by atoms with Gasteiger partial charge >= 0.3 is 5.97 Å². The normalized spacial score (nSPS) is 11.8. The average molecular weight is 352 g/mol. The molecular weight excluding hydrogens is 332 g/mol. The largest absolute Gasteiger partial charge is 0.464 e. The lowest BCUT2D eigenvalue weighted by Crippen LogP contribution is -2.31. The van der Waals surface area contributed by atoms with E-state index in [-0.39, 0.29) is 18.5 Å². The van der Waals surface area contributed by atoms with Crippen LogP contribution < -0.4 is 5.32 Å². The van der Waals surface area contributed by atoms with Gasteiger partial charge in [-0.1, -0.05) is 30.3 Å². The Balaban J connectivity index is 1.82. The smallest absolute Gasteiger partial charge is 0.354 e. The van der Waals surface area contributed by atoms with Crippen LogP contribution >= 0.6 is 0 Å². The first-order chi connectivity index (χ1) is 12.6. The molecule has 1 N–H and O–H groups in total. The molecule has 1 aromatic carbocycles. The van der Waals surface area contributed by atoms with E-state index in [1.54, 1.807) is 35.1 Å². The second kappa shape index (κ2) is 7.74. The van der Waals surface area contributed by atoms with Gasteiger partial charge in [-0.2, -0.15) is 0 Å². The van der Waals surface area contributed by atoms with E-state index in [0.29, 0.717) is 17.1 Å². The lowest BCUT2D eigenvalue weighted by Gasteiger charge is -2.16. The summed E-state index contributed by atoms with van der Waals surface area (Å²) in [7, 11) is 1.31. The lowest BCUT2D eigenvalue weighted by molar-refractivity contribution is -0.122. The van der Waals surface area contributed by atoms with Crippen LogP contribution in [-0.2, 0) is 16.1 Å². The summed E-state index contributed by atoms with van der Waals surface area (Å²) >= 11 is 0. The Hall–Kier alpha value is -3.28. The third kappa shape index (κ3) is 3.69. The number of amides is 1. The van der Waals surface area contributed by atoms with Crippen LogP contribution in [0.3, 0.4) is 0 Å². The summed E-state index contributed by atoms with van der Waals surface area (Å²) in [4.78, 5) is 24.6. The summed E-state index contributed by atoms with van der Waals surface area (Å²) in [5, 5.41) is 2.95. The lowest BCUT2D eigenvalue weighted by atomic mass is 10.1.